The van der Waals surface area contributed by atoms with Crippen molar-refractivity contribution in [2.75, 3.05) is 57.4 Å². The first-order valence-electron chi connectivity index (χ1n) is 16.4. The molecule has 12 heteroatoms. The molecule has 12 nitrogen and oxygen atoms in total. The predicted molar refractivity (Wildman–Crippen MR) is 172 cm³/mol. The number of amides is 3. The minimum atomic E-state index is -0.827. The molecule has 3 aliphatic rings. The number of hydrogen-bond donors (Lipinski definition) is 1. The van der Waals surface area contributed by atoms with E-state index in [0.717, 1.165) is 18.4 Å². The van der Waals surface area contributed by atoms with Crippen LogP contribution in [0.15, 0.2) is 36.4 Å². The van der Waals surface area contributed by atoms with Gasteiger partial charge in [0.1, 0.15) is 17.6 Å². The molecule has 46 heavy (non-hydrogen) atoms. The third kappa shape index (κ3) is 7.42. The lowest BCUT2D eigenvalue weighted by Crippen LogP contribution is -2.59. The molecular weight excluding hydrogens is 588 g/mol. The van der Waals surface area contributed by atoms with Gasteiger partial charge in [-0.1, -0.05) is 64.4 Å². The molecule has 5 rings (SSSR count). The number of piperidine rings is 1. The number of nitrogens with one attached hydrogen (secondary N) is 1. The van der Waals surface area contributed by atoms with Crippen LogP contribution in [0.3, 0.4) is 0 Å². The first-order chi connectivity index (χ1) is 22.0. The minimum Gasteiger partial charge on any atom is -0.466 e. The van der Waals surface area contributed by atoms with Crippen molar-refractivity contribution in [3.63, 3.8) is 0 Å². The second-order valence-electron chi connectivity index (χ2n) is 13.4. The first-order valence-corrected chi connectivity index (χ1v) is 16.4. The fourth-order valence-corrected chi connectivity index (χ4v) is 6.27. The Hall–Kier alpha value is -4.22. The largest absolute Gasteiger partial charge is 0.466 e. The summed E-state index contributed by atoms with van der Waals surface area (Å²) in [5, 5.41) is 2.98. The van der Waals surface area contributed by atoms with E-state index in [1.54, 1.807) is 15.9 Å². The van der Waals surface area contributed by atoms with Crippen LogP contribution in [0.2, 0.25) is 0 Å². The molecule has 1 aliphatic carbocycles. The Morgan fingerprint density at radius 1 is 0.935 bits per heavy atom. The number of piperazine rings is 1. The lowest BCUT2D eigenvalue weighted by molar-refractivity contribution is -0.145. The van der Waals surface area contributed by atoms with E-state index in [4.69, 9.17) is 14.5 Å². The zero-order valence-corrected chi connectivity index (χ0v) is 27.5. The molecule has 0 spiro atoms. The van der Waals surface area contributed by atoms with Crippen LogP contribution in [-0.2, 0) is 19.1 Å². The van der Waals surface area contributed by atoms with Gasteiger partial charge in [-0.2, -0.15) is 0 Å². The van der Waals surface area contributed by atoms with Crippen molar-refractivity contribution in [2.45, 2.75) is 53.5 Å². The number of rotatable bonds is 10. The zero-order chi connectivity index (χ0) is 33.0. The number of nitrogens with zero attached hydrogens (tertiary/aromatic N) is 5. The van der Waals surface area contributed by atoms with Crippen molar-refractivity contribution in [3.8, 4) is 11.4 Å². The van der Waals surface area contributed by atoms with E-state index in [0.29, 0.717) is 64.1 Å². The highest BCUT2D eigenvalue weighted by Gasteiger charge is 2.60. The zero-order valence-electron chi connectivity index (χ0n) is 27.5. The number of hydrogen-bond acceptors (Lipinski definition) is 9. The number of esters is 1. The maximum absolute atomic E-state index is 13.9. The number of anilines is 1. The van der Waals surface area contributed by atoms with Gasteiger partial charge in [-0.3, -0.25) is 14.4 Å². The highest BCUT2D eigenvalue weighted by Crippen LogP contribution is 2.53. The summed E-state index contributed by atoms with van der Waals surface area (Å²) in [5.74, 6) is 0.516. The molecule has 2 unspecified atom stereocenters. The van der Waals surface area contributed by atoms with Crippen molar-refractivity contribution >= 4 is 29.7 Å². The summed E-state index contributed by atoms with van der Waals surface area (Å²) in [5.41, 5.74) is 0.328. The number of aromatic nitrogens is 2. The number of unbranched alkanes of at least 4 members (excludes halogenated alkanes) is 1. The molecule has 0 radical (unpaired) electrons. The Morgan fingerprint density at radius 2 is 1.59 bits per heavy atom. The lowest BCUT2D eigenvalue weighted by Gasteiger charge is -2.39. The van der Waals surface area contributed by atoms with Crippen molar-refractivity contribution in [3.05, 3.63) is 42.1 Å². The Kier molecular flexibility index (Phi) is 10.1. The monoisotopic (exact) mass is 634 g/mol. The minimum absolute atomic E-state index is 0.0819. The summed E-state index contributed by atoms with van der Waals surface area (Å²) in [6, 6.07) is 10.3. The molecule has 2 aliphatic heterocycles. The first kappa shape index (κ1) is 33.2. The Balaban J connectivity index is 1.31. The summed E-state index contributed by atoms with van der Waals surface area (Å²) in [6.07, 6.45) is 1.39. The summed E-state index contributed by atoms with van der Waals surface area (Å²) in [7, 11) is 0. The van der Waals surface area contributed by atoms with E-state index in [2.05, 4.69) is 15.2 Å². The Labute approximate surface area is 270 Å². The number of carbonyl (C=O) groups is 4. The molecule has 2 saturated heterocycles. The van der Waals surface area contributed by atoms with Crippen molar-refractivity contribution < 1.29 is 28.7 Å². The van der Waals surface area contributed by atoms with Crippen molar-refractivity contribution in [2.24, 2.45) is 23.2 Å². The summed E-state index contributed by atoms with van der Waals surface area (Å²) >= 11 is 0. The molecule has 1 saturated carbocycles. The smallest absolute Gasteiger partial charge is 0.409 e. The standard InChI is InChI=1S/C34H46N6O6/c1-6-8-18-46-33(44)39-16-14-38(15-17-39)31(42)28(34(3,4)5)37-30(41)25-19-26(36-29(35-25)22-12-10-9-11-13-22)40-20-23-24(21-40)27(23)32(43)45-7-2/h9-13,19,23-24,27-28H,6-8,14-18,20-21H2,1-5H3,(H,37,41)/t23?,24?,27?,28-/m1/s1. The third-order valence-electron chi connectivity index (χ3n) is 9.02. The van der Waals surface area contributed by atoms with Crippen LogP contribution in [0.4, 0.5) is 10.6 Å². The molecule has 3 atom stereocenters. The van der Waals surface area contributed by atoms with Crippen LogP contribution in [0.5, 0.6) is 0 Å². The molecule has 1 aromatic carbocycles. The highest BCUT2D eigenvalue weighted by molar-refractivity contribution is 5.97. The van der Waals surface area contributed by atoms with E-state index in [9.17, 15) is 19.2 Å². The Bertz CT molecular complexity index is 1410. The fraction of sp³-hybridized carbons (Fsp3) is 0.588. The van der Waals surface area contributed by atoms with Crippen LogP contribution in [0.25, 0.3) is 11.4 Å². The molecule has 248 valence electrons. The molecule has 3 amide bonds. The number of ether oxygens (including phenoxy) is 2. The fourth-order valence-electron chi connectivity index (χ4n) is 6.27. The molecular formula is C34H46N6O6. The van der Waals surface area contributed by atoms with Gasteiger partial charge in [0.2, 0.25) is 5.91 Å². The Morgan fingerprint density at radius 3 is 2.20 bits per heavy atom. The van der Waals surface area contributed by atoms with Crippen molar-refractivity contribution in [1.82, 2.24) is 25.1 Å². The third-order valence-corrected chi connectivity index (χ3v) is 9.02. The molecule has 1 N–H and O–H groups in total. The van der Waals surface area contributed by atoms with Crippen molar-refractivity contribution in [1.29, 1.82) is 0 Å². The van der Waals surface area contributed by atoms with E-state index in [-0.39, 0.29) is 41.4 Å². The summed E-state index contributed by atoms with van der Waals surface area (Å²) < 4.78 is 10.6. The molecule has 3 fully saturated rings. The van der Waals surface area contributed by atoms with Crippen LogP contribution in [-0.4, -0.2) is 102 Å². The van der Waals surface area contributed by atoms with Crippen LogP contribution in [0.1, 0.15) is 57.9 Å². The lowest BCUT2D eigenvalue weighted by atomic mass is 9.85. The van der Waals surface area contributed by atoms with Gasteiger partial charge in [-0.25, -0.2) is 14.8 Å². The van der Waals surface area contributed by atoms with E-state index >= 15 is 0 Å². The van der Waals surface area contributed by atoms with E-state index in [1.807, 2.05) is 65.0 Å². The number of fused-ring (bicyclic) bond motifs is 1. The van der Waals surface area contributed by atoms with E-state index < -0.39 is 17.4 Å². The maximum Gasteiger partial charge on any atom is 0.409 e. The number of carbonyl (C=O) groups excluding carboxylic acids is 4. The van der Waals surface area contributed by atoms with Gasteiger partial charge in [0.05, 0.1) is 19.1 Å². The van der Waals surface area contributed by atoms with Gasteiger partial charge in [0, 0.05) is 50.9 Å². The molecule has 0 bridgehead atoms. The molecule has 1 aromatic heterocycles. The van der Waals surface area contributed by atoms with Gasteiger partial charge in [0.15, 0.2) is 5.82 Å². The predicted octanol–water partition coefficient (Wildman–Crippen LogP) is 3.61. The quantitative estimate of drug-likeness (QED) is 0.307. The van der Waals surface area contributed by atoms with E-state index in [1.165, 1.54) is 0 Å². The second-order valence-corrected chi connectivity index (χ2v) is 13.4. The van der Waals surface area contributed by atoms with Crippen LogP contribution >= 0.6 is 0 Å². The molecule has 2 aromatic rings. The molecule has 3 heterocycles. The summed E-state index contributed by atoms with van der Waals surface area (Å²) in [4.78, 5) is 67.3. The van der Waals surface area contributed by atoms with Gasteiger partial charge in [-0.15, -0.1) is 0 Å². The van der Waals surface area contributed by atoms with Crippen LogP contribution < -0.4 is 10.2 Å². The van der Waals surface area contributed by atoms with Gasteiger partial charge >= 0.3 is 12.1 Å². The van der Waals surface area contributed by atoms with Crippen LogP contribution in [0, 0.1) is 23.2 Å². The normalized spacial score (nSPS) is 21.3. The SMILES string of the molecule is CCCCOC(=O)N1CCN(C(=O)[C@@H](NC(=O)c2cc(N3CC4C(C3)C4C(=O)OCC)nc(-c3ccccc3)n2)C(C)(C)C)CC1. The van der Waals surface area contributed by atoms with Gasteiger partial charge in [0.25, 0.3) is 5.91 Å². The van der Waals surface area contributed by atoms with Gasteiger partial charge < -0.3 is 29.5 Å². The van der Waals surface area contributed by atoms with Gasteiger partial charge in [-0.05, 0) is 30.6 Å². The summed E-state index contributed by atoms with van der Waals surface area (Å²) in [6.45, 7) is 13.1. The number of benzene rings is 1. The average molecular weight is 635 g/mol. The highest BCUT2D eigenvalue weighted by atomic mass is 16.6. The average Bonchev–Trinajstić information content (AvgIpc) is 3.56. The topological polar surface area (TPSA) is 134 Å². The second kappa shape index (κ2) is 14.0. The maximum atomic E-state index is 13.9.